The van der Waals surface area contributed by atoms with Crippen LogP contribution in [0.1, 0.15) is 44.6 Å². The van der Waals surface area contributed by atoms with Gasteiger partial charge in [-0.15, -0.1) is 0 Å². The van der Waals surface area contributed by atoms with Crippen molar-refractivity contribution >= 4 is 35.2 Å². The average Bonchev–Trinajstić information content (AvgIpc) is 3.16. The highest BCUT2D eigenvalue weighted by Crippen LogP contribution is 2.34. The first-order chi connectivity index (χ1) is 16.1. The number of hydrogen-bond acceptors (Lipinski definition) is 7. The van der Waals surface area contributed by atoms with E-state index in [1.165, 1.54) is 25.6 Å². The fraction of sp³-hybridized carbons (Fsp3) is 0.417. The van der Waals surface area contributed by atoms with Crippen LogP contribution in [0.5, 0.6) is 5.75 Å². The molecule has 0 saturated carbocycles. The van der Waals surface area contributed by atoms with Gasteiger partial charge in [0, 0.05) is 38.1 Å². The third kappa shape index (κ3) is 6.93. The molecule has 0 bridgehead atoms. The maximum absolute atomic E-state index is 12.6. The zero-order valence-electron chi connectivity index (χ0n) is 19.3. The van der Waals surface area contributed by atoms with Crippen LogP contribution in [0.15, 0.2) is 36.8 Å². The van der Waals surface area contributed by atoms with Gasteiger partial charge in [0.05, 0.1) is 17.7 Å². The van der Waals surface area contributed by atoms with Crippen LogP contribution in [-0.2, 0) is 9.59 Å². The lowest BCUT2D eigenvalue weighted by Crippen LogP contribution is -2.20. The Bertz CT molecular complexity index is 978. The second-order valence-corrected chi connectivity index (χ2v) is 7.91. The lowest BCUT2D eigenvalue weighted by atomic mass is 10.1. The SMILES string of the molecule is CCCCCCOc1cccc(N/C=C2\C(=O)Nc3ncnc(NCCCN(C)C=O)c32)c1. The second-order valence-electron chi connectivity index (χ2n) is 7.91. The largest absolute Gasteiger partial charge is 0.494 e. The molecule has 1 aliphatic rings. The van der Waals surface area contributed by atoms with Gasteiger partial charge in [0.2, 0.25) is 6.41 Å². The van der Waals surface area contributed by atoms with E-state index in [0.717, 1.165) is 30.7 Å². The van der Waals surface area contributed by atoms with Gasteiger partial charge in [0.15, 0.2) is 0 Å². The molecule has 0 fully saturated rings. The molecule has 9 nitrogen and oxygen atoms in total. The molecule has 0 spiro atoms. The molecule has 3 N–H and O–H groups in total. The number of carbonyl (C=O) groups excluding carboxylic acids is 2. The molecule has 33 heavy (non-hydrogen) atoms. The van der Waals surface area contributed by atoms with Crippen molar-refractivity contribution in [3.8, 4) is 5.75 Å². The summed E-state index contributed by atoms with van der Waals surface area (Å²) in [7, 11) is 1.73. The molecule has 0 aliphatic carbocycles. The number of ether oxygens (including phenoxy) is 1. The molecule has 1 aromatic carbocycles. The third-order valence-electron chi connectivity index (χ3n) is 5.24. The summed E-state index contributed by atoms with van der Waals surface area (Å²) in [4.78, 5) is 33.4. The maximum atomic E-state index is 12.6. The summed E-state index contributed by atoms with van der Waals surface area (Å²) >= 11 is 0. The number of aromatic nitrogens is 2. The van der Waals surface area contributed by atoms with Crippen molar-refractivity contribution < 1.29 is 14.3 Å². The Morgan fingerprint density at radius 2 is 2.06 bits per heavy atom. The first kappa shape index (κ1) is 24.0. The number of amides is 2. The Morgan fingerprint density at radius 1 is 1.18 bits per heavy atom. The molecule has 9 heteroatoms. The number of carbonyl (C=O) groups is 2. The smallest absolute Gasteiger partial charge is 0.259 e. The van der Waals surface area contributed by atoms with Crippen molar-refractivity contribution in [2.75, 3.05) is 42.7 Å². The number of nitrogens with one attached hydrogen (secondary N) is 3. The normalized spacial score (nSPS) is 13.4. The van der Waals surface area contributed by atoms with Gasteiger partial charge in [-0.05, 0) is 25.0 Å². The molecule has 2 aromatic rings. The Balaban J connectivity index is 1.65. The Hall–Kier alpha value is -3.62. The highest BCUT2D eigenvalue weighted by atomic mass is 16.5. The van der Waals surface area contributed by atoms with Gasteiger partial charge in [-0.2, -0.15) is 0 Å². The number of anilines is 3. The van der Waals surface area contributed by atoms with Gasteiger partial charge in [-0.25, -0.2) is 9.97 Å². The first-order valence-electron chi connectivity index (χ1n) is 11.4. The van der Waals surface area contributed by atoms with E-state index in [-0.39, 0.29) is 5.91 Å². The second kappa shape index (κ2) is 12.4. The van der Waals surface area contributed by atoms with Gasteiger partial charge in [0.1, 0.15) is 23.7 Å². The van der Waals surface area contributed by atoms with E-state index in [1.807, 2.05) is 24.3 Å². The third-order valence-corrected chi connectivity index (χ3v) is 5.24. The summed E-state index contributed by atoms with van der Waals surface area (Å²) in [5, 5.41) is 9.22. The van der Waals surface area contributed by atoms with Crippen LogP contribution >= 0.6 is 0 Å². The number of nitrogens with zero attached hydrogens (tertiary/aromatic N) is 3. The molecule has 3 rings (SSSR count). The molecule has 0 radical (unpaired) electrons. The summed E-state index contributed by atoms with van der Waals surface area (Å²) in [6, 6.07) is 7.67. The molecule has 1 aliphatic heterocycles. The van der Waals surface area contributed by atoms with Crippen molar-refractivity contribution in [1.82, 2.24) is 14.9 Å². The van der Waals surface area contributed by atoms with E-state index in [4.69, 9.17) is 4.74 Å². The Labute approximate surface area is 194 Å². The quantitative estimate of drug-likeness (QED) is 0.228. The van der Waals surface area contributed by atoms with E-state index in [2.05, 4.69) is 32.8 Å². The number of unbranched alkanes of at least 4 members (excludes halogenated alkanes) is 3. The summed E-state index contributed by atoms with van der Waals surface area (Å²) in [5.41, 5.74) is 1.89. The highest BCUT2D eigenvalue weighted by Gasteiger charge is 2.29. The molecular weight excluding hydrogens is 420 g/mol. The van der Waals surface area contributed by atoms with Crippen LogP contribution in [-0.4, -0.2) is 53.9 Å². The average molecular weight is 453 g/mol. The predicted octanol–water partition coefficient (Wildman–Crippen LogP) is 3.73. The van der Waals surface area contributed by atoms with Crippen LogP contribution in [0.2, 0.25) is 0 Å². The zero-order chi connectivity index (χ0) is 23.5. The molecule has 0 unspecified atom stereocenters. The van der Waals surface area contributed by atoms with Crippen molar-refractivity contribution in [2.45, 2.75) is 39.0 Å². The topological polar surface area (TPSA) is 108 Å². The van der Waals surface area contributed by atoms with Gasteiger partial charge in [0.25, 0.3) is 5.91 Å². The van der Waals surface area contributed by atoms with Crippen molar-refractivity contribution in [3.05, 3.63) is 42.4 Å². The minimum atomic E-state index is -0.245. The van der Waals surface area contributed by atoms with E-state index in [1.54, 1.807) is 18.1 Å². The van der Waals surface area contributed by atoms with Crippen LogP contribution in [0.25, 0.3) is 5.57 Å². The van der Waals surface area contributed by atoms with E-state index in [0.29, 0.717) is 42.5 Å². The molecule has 1 aromatic heterocycles. The van der Waals surface area contributed by atoms with E-state index < -0.39 is 0 Å². The lowest BCUT2D eigenvalue weighted by molar-refractivity contribution is -0.117. The molecule has 0 atom stereocenters. The van der Waals surface area contributed by atoms with E-state index >= 15 is 0 Å². The lowest BCUT2D eigenvalue weighted by Gasteiger charge is -2.12. The van der Waals surface area contributed by atoms with Crippen molar-refractivity contribution in [3.63, 3.8) is 0 Å². The predicted molar refractivity (Wildman–Crippen MR) is 130 cm³/mol. The summed E-state index contributed by atoms with van der Waals surface area (Å²) in [6.45, 7) is 4.11. The molecular formula is C24H32N6O3. The van der Waals surface area contributed by atoms with Crippen LogP contribution in [0, 0.1) is 0 Å². The molecule has 0 saturated heterocycles. The Morgan fingerprint density at radius 3 is 2.88 bits per heavy atom. The fourth-order valence-electron chi connectivity index (χ4n) is 3.43. The summed E-state index contributed by atoms with van der Waals surface area (Å²) in [5.74, 6) is 1.59. The van der Waals surface area contributed by atoms with Crippen molar-refractivity contribution in [1.29, 1.82) is 0 Å². The highest BCUT2D eigenvalue weighted by molar-refractivity contribution is 6.32. The van der Waals surface area contributed by atoms with Gasteiger partial charge in [-0.3, -0.25) is 9.59 Å². The van der Waals surface area contributed by atoms with Crippen LogP contribution in [0.4, 0.5) is 17.3 Å². The summed E-state index contributed by atoms with van der Waals surface area (Å²) in [6.07, 6.45) is 9.24. The number of rotatable bonds is 14. The molecule has 2 heterocycles. The number of benzene rings is 1. The van der Waals surface area contributed by atoms with Crippen LogP contribution < -0.4 is 20.7 Å². The van der Waals surface area contributed by atoms with E-state index in [9.17, 15) is 9.59 Å². The zero-order valence-corrected chi connectivity index (χ0v) is 19.3. The summed E-state index contributed by atoms with van der Waals surface area (Å²) < 4.78 is 5.85. The monoisotopic (exact) mass is 452 g/mol. The van der Waals surface area contributed by atoms with Gasteiger partial charge in [-0.1, -0.05) is 32.3 Å². The van der Waals surface area contributed by atoms with Gasteiger partial charge >= 0.3 is 0 Å². The minimum absolute atomic E-state index is 0.245. The van der Waals surface area contributed by atoms with Crippen molar-refractivity contribution in [2.24, 2.45) is 0 Å². The first-order valence-corrected chi connectivity index (χ1v) is 11.4. The molecule has 2 amide bonds. The maximum Gasteiger partial charge on any atom is 0.259 e. The van der Waals surface area contributed by atoms with Gasteiger partial charge < -0.3 is 25.6 Å². The minimum Gasteiger partial charge on any atom is -0.494 e. The van der Waals surface area contributed by atoms with Crippen LogP contribution in [0.3, 0.4) is 0 Å². The number of fused-ring (bicyclic) bond motifs is 1. The fourth-order valence-corrected chi connectivity index (χ4v) is 3.43. The standard InChI is InChI=1S/C24H32N6O3/c1-3-4-5-6-13-33-19-10-7-9-18(14-19)26-15-20-21-22(25-11-8-12-30(2)17-31)27-16-28-23(21)29-24(20)32/h7,9-10,14-17,26H,3-6,8,11-13H2,1-2H3,(H2,25,27,28,29,32)/b20-15-. The molecule has 176 valence electrons. The number of hydrogen-bond donors (Lipinski definition) is 3. The Kier molecular flexibility index (Phi) is 9.05.